The molecule has 0 saturated carbocycles. The maximum atomic E-state index is 13.5. The molecule has 0 spiro atoms. The van der Waals surface area contributed by atoms with Crippen LogP contribution in [-0.4, -0.2) is 31.5 Å². The molecule has 1 rings (SSSR count). The van der Waals surface area contributed by atoms with Crippen LogP contribution in [0.15, 0.2) is 18.2 Å². The van der Waals surface area contributed by atoms with Gasteiger partial charge in [-0.2, -0.15) is 0 Å². The molecule has 82 heavy (non-hydrogen) atoms. The highest BCUT2D eigenvalue weighted by Gasteiger charge is 2.16. The monoisotopic (exact) mass is 1150 g/mol. The van der Waals surface area contributed by atoms with Crippen molar-refractivity contribution in [1.82, 2.24) is 10.6 Å². The molecule has 1 aromatic carbocycles. The number of amides is 2. The van der Waals surface area contributed by atoms with Gasteiger partial charge in [0, 0.05) is 18.7 Å². The zero-order chi connectivity index (χ0) is 58.8. The van der Waals surface area contributed by atoms with Gasteiger partial charge in [0.05, 0.1) is 12.2 Å². The fraction of sp³-hybridized carbons (Fsp3) is 0.896. The van der Waals surface area contributed by atoms with Crippen LogP contribution in [0.5, 0.6) is 5.75 Å². The number of rotatable bonds is 69. The minimum Gasteiger partial charge on any atom is -0.493 e. The van der Waals surface area contributed by atoms with Crippen LogP contribution in [0, 0.1) is 0 Å². The molecule has 0 fully saturated rings. The smallest absolute Gasteiger partial charge is 0.255 e. The molecule has 1 aromatic rings. The molecule has 0 aromatic heterocycles. The molecular formula is C77H146N2O3. The van der Waals surface area contributed by atoms with E-state index in [-0.39, 0.29) is 11.8 Å². The molecule has 0 saturated heterocycles. The van der Waals surface area contributed by atoms with E-state index >= 15 is 0 Å². The van der Waals surface area contributed by atoms with Gasteiger partial charge in [0.2, 0.25) is 0 Å². The number of ether oxygens (including phenoxy) is 1. The Kier molecular flexibility index (Phi) is 63.2. The summed E-state index contributed by atoms with van der Waals surface area (Å²) in [4.78, 5) is 26.8. The number of unbranched alkanes of at least 4 members (excludes halogenated alkanes) is 60. The zero-order valence-electron chi connectivity index (χ0n) is 56.1. The van der Waals surface area contributed by atoms with Gasteiger partial charge in [-0.25, -0.2) is 0 Å². The SMILES string of the molecule is CCCCCCCCCCCCCCCCCCCCCCCCCCCCCNC(=O)c1ccc(C(=O)NCCCCCCCCCCCCCCCCCCCCCCCCCCCCC)c(OCCCCCCCCCCC)c1. The molecule has 0 unspecified atom stereocenters. The predicted molar refractivity (Wildman–Crippen MR) is 364 cm³/mol. The van der Waals surface area contributed by atoms with Crippen LogP contribution < -0.4 is 15.4 Å². The molecule has 5 nitrogen and oxygen atoms in total. The summed E-state index contributed by atoms with van der Waals surface area (Å²) in [5.74, 6) is 0.375. The number of carbonyl (C=O) groups is 2. The second-order valence-corrected chi connectivity index (χ2v) is 26.3. The summed E-state index contributed by atoms with van der Waals surface area (Å²) in [5.41, 5.74) is 1.12. The topological polar surface area (TPSA) is 67.4 Å². The standard InChI is InChI=1S/C77H146N2O3/c1-4-7-10-13-16-19-21-23-25-27-29-31-33-35-37-39-41-43-45-47-49-51-53-55-58-61-64-69-78-76(80)73-67-68-74(75(72-73)82-71-66-63-60-57-18-15-12-9-6-3)77(81)79-70-65-62-59-56-54-52-50-48-46-44-42-40-38-36-34-32-30-28-26-24-22-20-17-14-11-8-5-2/h67-68,72H,4-66,69-71H2,1-3H3,(H,78,80)(H,79,81). The third kappa shape index (κ3) is 55.8. The first-order chi connectivity index (χ1) is 40.6. The number of carbonyl (C=O) groups excluding carboxylic acids is 2. The summed E-state index contributed by atoms with van der Waals surface area (Å²) in [7, 11) is 0. The molecule has 2 N–H and O–H groups in total. The molecule has 0 atom stereocenters. The molecule has 5 heteroatoms. The second kappa shape index (κ2) is 66.5. The van der Waals surface area contributed by atoms with Gasteiger partial charge in [-0.3, -0.25) is 9.59 Å². The lowest BCUT2D eigenvalue weighted by molar-refractivity contribution is 0.0937. The molecule has 0 aliphatic rings. The summed E-state index contributed by atoms with van der Waals surface area (Å²) in [6, 6.07) is 5.42. The molecule has 0 radical (unpaired) electrons. The molecule has 0 heterocycles. The highest BCUT2D eigenvalue weighted by molar-refractivity contribution is 6.00. The zero-order valence-corrected chi connectivity index (χ0v) is 56.1. The van der Waals surface area contributed by atoms with Crippen molar-refractivity contribution in [2.75, 3.05) is 19.7 Å². The molecule has 482 valence electrons. The largest absolute Gasteiger partial charge is 0.493 e. The van der Waals surface area contributed by atoms with Crippen molar-refractivity contribution >= 4 is 11.8 Å². The van der Waals surface area contributed by atoms with E-state index in [2.05, 4.69) is 31.4 Å². The highest BCUT2D eigenvalue weighted by atomic mass is 16.5. The van der Waals surface area contributed by atoms with E-state index in [1.807, 2.05) is 6.07 Å². The highest BCUT2D eigenvalue weighted by Crippen LogP contribution is 2.24. The minimum absolute atomic E-state index is 0.0737. The van der Waals surface area contributed by atoms with Crippen LogP contribution >= 0.6 is 0 Å². The Labute approximate surface area is 514 Å². The Hall–Kier alpha value is -2.04. The third-order valence-corrected chi connectivity index (χ3v) is 18.1. The first kappa shape index (κ1) is 78.0. The van der Waals surface area contributed by atoms with Crippen LogP contribution in [0.2, 0.25) is 0 Å². The summed E-state index contributed by atoms with van der Waals surface area (Å²) < 4.78 is 6.30. The van der Waals surface area contributed by atoms with E-state index < -0.39 is 0 Å². The van der Waals surface area contributed by atoms with Gasteiger partial charge in [-0.05, 0) is 37.5 Å². The van der Waals surface area contributed by atoms with Crippen molar-refractivity contribution in [2.24, 2.45) is 0 Å². The average molecular weight is 1150 g/mol. The Balaban J connectivity index is 2.14. The minimum atomic E-state index is -0.0930. The summed E-state index contributed by atoms with van der Waals surface area (Å²) in [6.07, 6.45) is 86.7. The Morgan fingerprint density at radius 1 is 0.268 bits per heavy atom. The van der Waals surface area contributed by atoms with Crippen LogP contribution in [0.4, 0.5) is 0 Å². The fourth-order valence-electron chi connectivity index (χ4n) is 12.4. The Morgan fingerprint density at radius 2 is 0.476 bits per heavy atom. The van der Waals surface area contributed by atoms with Crippen LogP contribution in [0.1, 0.15) is 446 Å². The van der Waals surface area contributed by atoms with Crippen molar-refractivity contribution < 1.29 is 14.3 Å². The normalized spacial score (nSPS) is 11.5. The van der Waals surface area contributed by atoms with E-state index in [1.54, 1.807) is 12.1 Å². The quantitative estimate of drug-likeness (QED) is 0.0639. The van der Waals surface area contributed by atoms with Crippen LogP contribution in [-0.2, 0) is 0 Å². The van der Waals surface area contributed by atoms with Gasteiger partial charge >= 0.3 is 0 Å². The van der Waals surface area contributed by atoms with Gasteiger partial charge < -0.3 is 15.4 Å². The summed E-state index contributed by atoms with van der Waals surface area (Å²) in [6.45, 7) is 8.82. The molecule has 2 amide bonds. The van der Waals surface area contributed by atoms with Crippen LogP contribution in [0.25, 0.3) is 0 Å². The van der Waals surface area contributed by atoms with E-state index in [0.29, 0.717) is 36.6 Å². The molecule has 0 aliphatic heterocycles. The molecular weight excluding hydrogens is 1000 g/mol. The fourth-order valence-corrected chi connectivity index (χ4v) is 12.4. The van der Waals surface area contributed by atoms with Crippen molar-refractivity contribution in [2.45, 2.75) is 425 Å². The lowest BCUT2D eigenvalue weighted by atomic mass is 10.0. The third-order valence-electron chi connectivity index (χ3n) is 18.1. The van der Waals surface area contributed by atoms with Gasteiger partial charge in [0.25, 0.3) is 11.8 Å². The van der Waals surface area contributed by atoms with E-state index in [1.165, 1.54) is 366 Å². The molecule has 0 aliphatic carbocycles. The lowest BCUT2D eigenvalue weighted by Gasteiger charge is -2.14. The van der Waals surface area contributed by atoms with E-state index in [9.17, 15) is 9.59 Å². The summed E-state index contributed by atoms with van der Waals surface area (Å²) in [5, 5.41) is 6.33. The van der Waals surface area contributed by atoms with Gasteiger partial charge in [0.15, 0.2) is 0 Å². The number of hydrogen-bond acceptors (Lipinski definition) is 3. The van der Waals surface area contributed by atoms with E-state index in [4.69, 9.17) is 4.74 Å². The van der Waals surface area contributed by atoms with Gasteiger partial charge in [0.1, 0.15) is 5.75 Å². The van der Waals surface area contributed by atoms with Crippen molar-refractivity contribution in [3.05, 3.63) is 29.3 Å². The lowest BCUT2D eigenvalue weighted by Crippen LogP contribution is -2.26. The number of benzene rings is 1. The van der Waals surface area contributed by atoms with Crippen LogP contribution in [0.3, 0.4) is 0 Å². The first-order valence-corrected chi connectivity index (χ1v) is 38.0. The van der Waals surface area contributed by atoms with Crippen molar-refractivity contribution in [3.63, 3.8) is 0 Å². The first-order valence-electron chi connectivity index (χ1n) is 38.0. The summed E-state index contributed by atoms with van der Waals surface area (Å²) >= 11 is 0. The molecule has 0 bridgehead atoms. The maximum Gasteiger partial charge on any atom is 0.255 e. The maximum absolute atomic E-state index is 13.5. The second-order valence-electron chi connectivity index (χ2n) is 26.3. The number of nitrogens with one attached hydrogen (secondary N) is 2. The van der Waals surface area contributed by atoms with Gasteiger partial charge in [-0.1, -0.05) is 406 Å². The predicted octanol–water partition coefficient (Wildman–Crippen LogP) is 26.2. The van der Waals surface area contributed by atoms with Gasteiger partial charge in [-0.15, -0.1) is 0 Å². The Morgan fingerprint density at radius 3 is 0.720 bits per heavy atom. The Bertz CT molecular complexity index is 1430. The van der Waals surface area contributed by atoms with Crippen molar-refractivity contribution in [1.29, 1.82) is 0 Å². The number of hydrogen-bond donors (Lipinski definition) is 2. The average Bonchev–Trinajstić information content (AvgIpc) is 3.50. The van der Waals surface area contributed by atoms with Crippen molar-refractivity contribution in [3.8, 4) is 5.75 Å². The van der Waals surface area contributed by atoms with E-state index in [0.717, 1.165) is 38.5 Å².